The average molecular weight is 305 g/mol. The van der Waals surface area contributed by atoms with Gasteiger partial charge in [-0.2, -0.15) is 4.31 Å². The third kappa shape index (κ3) is 3.75. The second-order valence-corrected chi connectivity index (χ2v) is 5.43. The van der Waals surface area contributed by atoms with Crippen molar-refractivity contribution in [2.24, 2.45) is 0 Å². The lowest BCUT2D eigenvalue weighted by molar-refractivity contribution is -0.384. The highest BCUT2D eigenvalue weighted by Crippen LogP contribution is 2.18. The predicted octanol–water partition coefficient (Wildman–Crippen LogP) is 0.778. The molecular formula is C11H14N2O6S. The fourth-order valence-corrected chi connectivity index (χ4v) is 2.29. The first-order valence-corrected chi connectivity index (χ1v) is 6.87. The van der Waals surface area contributed by atoms with E-state index in [1.807, 2.05) is 0 Å². The van der Waals surface area contributed by atoms with Crippen molar-refractivity contribution >= 4 is 21.7 Å². The Morgan fingerprint density at radius 1 is 1.45 bits per heavy atom. The summed E-state index contributed by atoms with van der Waals surface area (Å²) in [5.41, 5.74) is -0.352. The first kappa shape index (κ1) is 11.8. The Labute approximate surface area is 120 Å². The van der Waals surface area contributed by atoms with Gasteiger partial charge in [-0.15, -0.1) is 0 Å². The van der Waals surface area contributed by atoms with E-state index in [1.54, 1.807) is 0 Å². The van der Waals surface area contributed by atoms with Crippen LogP contribution in [0.5, 0.6) is 0 Å². The van der Waals surface area contributed by atoms with Crippen LogP contribution in [0.25, 0.3) is 0 Å². The van der Waals surface area contributed by atoms with Crippen LogP contribution in [-0.2, 0) is 19.6 Å². The van der Waals surface area contributed by atoms with Crippen molar-refractivity contribution in [3.63, 3.8) is 0 Å². The van der Waals surface area contributed by atoms with Crippen molar-refractivity contribution in [1.82, 2.24) is 4.31 Å². The number of benzene rings is 1. The molecule has 0 fully saturated rings. The number of nitrogens with zero attached hydrogens (tertiary/aromatic N) is 2. The summed E-state index contributed by atoms with van der Waals surface area (Å²) in [5.74, 6) is -1.02. The molecular weight excluding hydrogens is 288 g/mol. The molecule has 0 aliphatic heterocycles. The fraction of sp³-hybridized carbons (Fsp3) is 0.364. The van der Waals surface area contributed by atoms with E-state index >= 15 is 0 Å². The lowest BCUT2D eigenvalue weighted by Crippen LogP contribution is -2.33. The molecule has 9 heteroatoms. The Balaban J connectivity index is 3.22. The summed E-state index contributed by atoms with van der Waals surface area (Å²) in [6.45, 7) is -2.66. The zero-order valence-corrected chi connectivity index (χ0v) is 11.3. The number of hydrogen-bond donors (Lipinski definition) is 0. The topological polar surface area (TPSA) is 107 Å². The quantitative estimate of drug-likeness (QED) is 0.436. The molecule has 0 aliphatic carbocycles. The summed E-state index contributed by atoms with van der Waals surface area (Å²) in [4.78, 5) is 20.8. The molecule has 0 N–H and O–H groups in total. The molecule has 0 saturated carbocycles. The molecule has 1 rings (SSSR count). The molecule has 0 unspecified atom stereocenters. The maximum Gasteiger partial charge on any atom is 0.321 e. The molecule has 0 bridgehead atoms. The number of rotatable bonds is 6. The van der Waals surface area contributed by atoms with Crippen molar-refractivity contribution in [2.45, 2.75) is 11.8 Å². The fourth-order valence-electron chi connectivity index (χ4n) is 1.28. The van der Waals surface area contributed by atoms with Crippen LogP contribution in [0.3, 0.4) is 0 Å². The highest BCUT2D eigenvalue weighted by atomic mass is 32.2. The second kappa shape index (κ2) is 6.44. The molecule has 0 aromatic heterocycles. The van der Waals surface area contributed by atoms with Crippen molar-refractivity contribution < 1.29 is 27.0 Å². The van der Waals surface area contributed by atoms with Gasteiger partial charge in [0.1, 0.15) is 6.54 Å². The van der Waals surface area contributed by atoms with Gasteiger partial charge in [-0.05, 0) is 19.1 Å². The summed E-state index contributed by atoms with van der Waals surface area (Å²) in [7, 11) is -4.57. The van der Waals surface area contributed by atoms with E-state index in [4.69, 9.17) is 4.11 Å². The van der Waals surface area contributed by atoms with E-state index in [0.717, 1.165) is 24.3 Å². The number of carbonyl (C=O) groups is 1. The molecule has 110 valence electrons. The summed E-state index contributed by atoms with van der Waals surface area (Å²) >= 11 is 0. The number of nitro benzene ring substituents is 1. The second-order valence-electron chi connectivity index (χ2n) is 3.57. The number of non-ortho nitro benzene ring substituents is 1. The van der Waals surface area contributed by atoms with Crippen LogP contribution in [0, 0.1) is 10.1 Å². The van der Waals surface area contributed by atoms with Gasteiger partial charge in [-0.25, -0.2) is 8.42 Å². The van der Waals surface area contributed by atoms with Crippen molar-refractivity contribution in [2.75, 3.05) is 20.1 Å². The number of ether oxygens (including phenoxy) is 1. The van der Waals surface area contributed by atoms with Crippen LogP contribution in [0.4, 0.5) is 5.69 Å². The number of hydrogen-bond acceptors (Lipinski definition) is 6. The van der Waals surface area contributed by atoms with Crippen LogP contribution in [0.2, 0.25) is 0 Å². The Hall–Kier alpha value is -2.00. The van der Waals surface area contributed by atoms with Gasteiger partial charge < -0.3 is 4.74 Å². The van der Waals surface area contributed by atoms with Gasteiger partial charge in [-0.1, -0.05) is 0 Å². The van der Waals surface area contributed by atoms with E-state index < -0.39 is 39.3 Å². The first-order chi connectivity index (χ1) is 10.5. The Morgan fingerprint density at radius 3 is 2.50 bits per heavy atom. The maximum atomic E-state index is 12.4. The number of nitro groups is 1. The van der Waals surface area contributed by atoms with Gasteiger partial charge in [0.25, 0.3) is 5.69 Å². The molecule has 0 heterocycles. The first-order valence-electron chi connectivity index (χ1n) is 6.93. The molecule has 20 heavy (non-hydrogen) atoms. The number of likely N-dealkylation sites (N-methyl/N-ethyl adjacent to an activating group) is 1. The van der Waals surface area contributed by atoms with E-state index in [0.29, 0.717) is 0 Å². The monoisotopic (exact) mass is 305 g/mol. The maximum absolute atomic E-state index is 12.4. The molecule has 1 aromatic carbocycles. The van der Waals surface area contributed by atoms with Crippen LogP contribution in [-0.4, -0.2) is 43.7 Å². The van der Waals surface area contributed by atoms with Crippen molar-refractivity contribution in [1.29, 1.82) is 0 Å². The third-order valence-corrected chi connectivity index (χ3v) is 3.79. The molecule has 0 aliphatic rings. The molecule has 0 radical (unpaired) electrons. The van der Waals surface area contributed by atoms with Crippen molar-refractivity contribution in [3.8, 4) is 0 Å². The summed E-state index contributed by atoms with van der Waals surface area (Å²) in [6.07, 6.45) is 0. The van der Waals surface area contributed by atoms with E-state index in [2.05, 4.69) is 4.74 Å². The molecule has 0 amide bonds. The standard InChI is InChI=1S/C11H14N2O6S/c1-3-19-11(14)8-12(2)20(17,18)10-6-4-9(5-7-10)13(15)16/h4-7H,3,8H2,1-2H3/i2D3. The Morgan fingerprint density at radius 2 is 2.05 bits per heavy atom. The minimum atomic E-state index is -4.57. The van der Waals surface area contributed by atoms with E-state index in [1.165, 1.54) is 6.92 Å². The summed E-state index contributed by atoms with van der Waals surface area (Å²) in [5, 5.41) is 10.6. The molecule has 8 nitrogen and oxygen atoms in total. The Kier molecular flexibility index (Phi) is 3.80. The SMILES string of the molecule is [2H]C([2H])([2H])N(CC(=O)OCC)S(=O)(=O)c1ccc([N+](=O)[O-])cc1. The van der Waals surface area contributed by atoms with Crippen LogP contribution in [0.15, 0.2) is 29.2 Å². The van der Waals surface area contributed by atoms with Crippen molar-refractivity contribution in [3.05, 3.63) is 34.4 Å². The smallest absolute Gasteiger partial charge is 0.321 e. The van der Waals surface area contributed by atoms with Gasteiger partial charge in [0, 0.05) is 23.2 Å². The van der Waals surface area contributed by atoms with Crippen LogP contribution < -0.4 is 0 Å². The minimum absolute atomic E-state index is 0.0131. The zero-order valence-electron chi connectivity index (χ0n) is 13.5. The molecule has 0 atom stereocenters. The van der Waals surface area contributed by atoms with Gasteiger partial charge >= 0.3 is 5.97 Å². The highest BCUT2D eigenvalue weighted by molar-refractivity contribution is 7.89. The minimum Gasteiger partial charge on any atom is -0.465 e. The largest absolute Gasteiger partial charge is 0.465 e. The van der Waals surface area contributed by atoms with Gasteiger partial charge in [0.2, 0.25) is 10.0 Å². The zero-order chi connectivity index (χ0) is 17.8. The normalized spacial score (nSPS) is 14.2. The number of sulfonamides is 1. The lowest BCUT2D eigenvalue weighted by atomic mass is 10.3. The molecule has 1 aromatic rings. The number of carbonyl (C=O) groups excluding carboxylic acids is 1. The van der Waals surface area contributed by atoms with Crippen LogP contribution >= 0.6 is 0 Å². The Bertz CT molecular complexity index is 687. The van der Waals surface area contributed by atoms with Gasteiger partial charge in [-0.3, -0.25) is 14.9 Å². The molecule has 0 spiro atoms. The van der Waals surface area contributed by atoms with Crippen LogP contribution in [0.1, 0.15) is 11.0 Å². The van der Waals surface area contributed by atoms with Gasteiger partial charge in [0.15, 0.2) is 0 Å². The highest BCUT2D eigenvalue weighted by Gasteiger charge is 2.24. The predicted molar refractivity (Wildman–Crippen MR) is 69.5 cm³/mol. The van der Waals surface area contributed by atoms with E-state index in [-0.39, 0.29) is 16.6 Å². The average Bonchev–Trinajstić information content (AvgIpc) is 2.44. The third-order valence-electron chi connectivity index (χ3n) is 2.21. The summed E-state index contributed by atoms with van der Waals surface area (Å²) < 4.78 is 51.2. The van der Waals surface area contributed by atoms with E-state index in [9.17, 15) is 23.3 Å². The number of esters is 1. The lowest BCUT2D eigenvalue weighted by Gasteiger charge is -2.15. The van der Waals surface area contributed by atoms with Gasteiger partial charge in [0.05, 0.1) is 16.4 Å². The molecule has 0 saturated heterocycles. The summed E-state index contributed by atoms with van der Waals surface area (Å²) in [6, 6.07) is 3.65.